The quantitative estimate of drug-likeness (QED) is 0.115. The molecule has 0 aliphatic heterocycles. The van der Waals surface area contributed by atoms with Gasteiger partial charge in [0.1, 0.15) is 12.2 Å². The van der Waals surface area contributed by atoms with Crippen LogP contribution in [-0.4, -0.2) is 64.7 Å². The number of nitrogens with two attached hydrogens (primary N) is 3. The summed E-state index contributed by atoms with van der Waals surface area (Å²) in [5.41, 5.74) is 15.4. The van der Waals surface area contributed by atoms with Crippen LogP contribution in [0.25, 0.3) is 0 Å². The monoisotopic (exact) mass is 505 g/mol. The lowest BCUT2D eigenvalue weighted by Gasteiger charge is -2.26. The molecule has 4 atom stereocenters. The Morgan fingerprint density at radius 1 is 0.629 bits per heavy atom. The average Bonchev–Trinajstić information content (AvgIpc) is 2.83. The highest BCUT2D eigenvalue weighted by Gasteiger charge is 2.37. The van der Waals surface area contributed by atoms with Gasteiger partial charge in [-0.1, -0.05) is 104 Å². The van der Waals surface area contributed by atoms with Crippen LogP contribution in [-0.2, 0) is 14.3 Å². The van der Waals surface area contributed by atoms with E-state index in [1.54, 1.807) is 0 Å². The second kappa shape index (κ2) is 25.8. The van der Waals surface area contributed by atoms with E-state index in [1.807, 2.05) is 0 Å². The molecular weight excluding hydrogens is 450 g/mol. The van der Waals surface area contributed by atoms with Crippen LogP contribution in [0.5, 0.6) is 0 Å². The number of aliphatic hydroxyl groups excluding tert-OH is 3. The molecule has 35 heavy (non-hydrogen) atoms. The van der Waals surface area contributed by atoms with Gasteiger partial charge in [0.15, 0.2) is 12.2 Å². The molecule has 0 unspecified atom stereocenters. The van der Waals surface area contributed by atoms with Gasteiger partial charge in [0.05, 0.1) is 0 Å². The smallest absolute Gasteiger partial charge is 0.249 e. The summed E-state index contributed by atoms with van der Waals surface area (Å²) in [6.45, 7) is 5.47. The van der Waals surface area contributed by atoms with Crippen molar-refractivity contribution in [1.82, 2.24) is 0 Å². The zero-order valence-electron chi connectivity index (χ0n) is 22.3. The maximum atomic E-state index is 11.3. The average molecular weight is 506 g/mol. The largest absolute Gasteiger partial charge is 0.387 e. The van der Waals surface area contributed by atoms with Crippen molar-refractivity contribution in [3.8, 4) is 0 Å². The summed E-state index contributed by atoms with van der Waals surface area (Å²) in [5, 5.41) is 28.8. The van der Waals surface area contributed by atoms with E-state index in [2.05, 4.69) is 13.8 Å². The van der Waals surface area contributed by atoms with Crippen LogP contribution in [0.2, 0.25) is 0 Å². The van der Waals surface area contributed by atoms with Gasteiger partial charge in [-0.05, 0) is 19.4 Å². The van der Waals surface area contributed by atoms with Crippen molar-refractivity contribution in [3.05, 3.63) is 0 Å². The molecule has 0 aliphatic carbocycles. The Morgan fingerprint density at radius 2 is 1.03 bits per heavy atom. The molecule has 9 N–H and O–H groups in total. The predicted molar refractivity (Wildman–Crippen MR) is 140 cm³/mol. The summed E-state index contributed by atoms with van der Waals surface area (Å²) in [6, 6.07) is 0. The van der Waals surface area contributed by atoms with Crippen LogP contribution >= 0.6 is 0 Å². The first-order valence-electron chi connectivity index (χ1n) is 13.7. The molecule has 210 valence electrons. The van der Waals surface area contributed by atoms with E-state index in [0.29, 0.717) is 6.42 Å². The Labute approximate surface area is 213 Å². The summed E-state index contributed by atoms with van der Waals surface area (Å²) in [4.78, 5) is 22.1. The third-order valence-corrected chi connectivity index (χ3v) is 5.91. The zero-order valence-corrected chi connectivity index (χ0v) is 22.3. The predicted octanol–water partition coefficient (Wildman–Crippen LogP) is 2.65. The first-order valence-corrected chi connectivity index (χ1v) is 13.7. The molecule has 0 fully saturated rings. The molecule has 0 heterocycles. The Hall–Kier alpha value is -1.26. The molecule has 0 spiro atoms. The molecule has 9 heteroatoms. The minimum absolute atomic E-state index is 0.180. The van der Waals surface area contributed by atoms with E-state index in [9.17, 15) is 24.9 Å². The third-order valence-electron chi connectivity index (χ3n) is 5.91. The summed E-state index contributed by atoms with van der Waals surface area (Å²) in [5.74, 6) is -2.20. The highest BCUT2D eigenvalue weighted by molar-refractivity contribution is 5.81. The third kappa shape index (κ3) is 21.7. The Morgan fingerprint density at radius 3 is 1.40 bits per heavy atom. The number of hydrogen-bond donors (Lipinski definition) is 6. The molecular formula is C26H55N3O6. The van der Waals surface area contributed by atoms with E-state index in [0.717, 1.165) is 25.8 Å². The molecule has 0 saturated carbocycles. The first-order chi connectivity index (χ1) is 16.7. The van der Waals surface area contributed by atoms with E-state index >= 15 is 0 Å². The number of carbonyl (C=O) groups excluding carboxylic acids is 2. The molecule has 0 saturated heterocycles. The number of carbonyl (C=O) groups is 2. The summed E-state index contributed by atoms with van der Waals surface area (Å²) in [6.07, 6.45) is 12.4. The molecule has 0 aromatic heterocycles. The van der Waals surface area contributed by atoms with Crippen molar-refractivity contribution in [2.45, 2.75) is 141 Å². The van der Waals surface area contributed by atoms with Gasteiger partial charge in [-0.3, -0.25) is 9.59 Å². The molecule has 0 bridgehead atoms. The molecule has 2 amide bonds. The molecule has 0 rings (SSSR count). The van der Waals surface area contributed by atoms with Gasteiger partial charge in [-0.15, -0.1) is 0 Å². The first kappa shape index (κ1) is 35.9. The van der Waals surface area contributed by atoms with Gasteiger partial charge >= 0.3 is 0 Å². The van der Waals surface area contributed by atoms with Crippen LogP contribution < -0.4 is 17.2 Å². The fourth-order valence-corrected chi connectivity index (χ4v) is 3.61. The van der Waals surface area contributed by atoms with E-state index in [4.69, 9.17) is 21.9 Å². The molecule has 0 aliphatic rings. The number of unbranched alkanes of at least 4 members (excludes halogenated alkanes) is 14. The lowest BCUT2D eigenvalue weighted by atomic mass is 10.0. The van der Waals surface area contributed by atoms with Crippen LogP contribution in [0.3, 0.4) is 0 Å². The van der Waals surface area contributed by atoms with Gasteiger partial charge in [-0.25, -0.2) is 0 Å². The van der Waals surface area contributed by atoms with Crippen molar-refractivity contribution in [3.63, 3.8) is 0 Å². The van der Waals surface area contributed by atoms with Gasteiger partial charge in [0.25, 0.3) is 0 Å². The van der Waals surface area contributed by atoms with E-state index in [-0.39, 0.29) is 6.61 Å². The van der Waals surface area contributed by atoms with Crippen LogP contribution in [0.15, 0.2) is 0 Å². The number of primary amides is 2. The van der Waals surface area contributed by atoms with E-state index in [1.165, 1.54) is 77.0 Å². The van der Waals surface area contributed by atoms with Crippen LogP contribution in [0, 0.1) is 0 Å². The summed E-state index contributed by atoms with van der Waals surface area (Å²) >= 11 is 0. The Kier molecular flexibility index (Phi) is 26.5. The minimum Gasteiger partial charge on any atom is -0.387 e. The normalized spacial score (nSPS) is 14.5. The van der Waals surface area contributed by atoms with Crippen molar-refractivity contribution in [1.29, 1.82) is 0 Å². The fraction of sp³-hybridized carbons (Fsp3) is 0.923. The molecule has 0 radical (unpaired) electrons. The van der Waals surface area contributed by atoms with Crippen LogP contribution in [0.1, 0.15) is 117 Å². The number of aliphatic hydroxyl groups is 3. The standard InChI is InChI=1S/C16H32N2O6.C10H23N/c1-2-3-4-5-6-7-8-9-10-24-14(16(18)23)12(20)11(19)13(21)15(17)22;1-2-3-4-5-6-7-8-9-10-11/h11-14,19-21H,2-10H2,1H3,(H2,17,22)(H2,18,23);2-11H2,1H3/t11-,12-,13-,14+;/m0./s1. The number of amides is 2. The van der Waals surface area contributed by atoms with Gasteiger partial charge < -0.3 is 37.3 Å². The van der Waals surface area contributed by atoms with E-state index < -0.39 is 36.2 Å². The van der Waals surface area contributed by atoms with Crippen LogP contribution in [0.4, 0.5) is 0 Å². The van der Waals surface area contributed by atoms with Crippen molar-refractivity contribution >= 4 is 11.8 Å². The molecule has 0 aromatic rings. The van der Waals surface area contributed by atoms with Crippen molar-refractivity contribution in [2.24, 2.45) is 17.2 Å². The number of rotatable bonds is 23. The summed E-state index contributed by atoms with van der Waals surface area (Å²) in [7, 11) is 0. The maximum Gasteiger partial charge on any atom is 0.249 e. The second-order valence-electron chi connectivity index (χ2n) is 9.26. The zero-order chi connectivity index (χ0) is 26.9. The SMILES string of the molecule is CCCCCCCCCCN.CCCCCCCCCCO[C@@H](C(N)=O)[C@@H](O)[C@H](O)[C@H](O)C(N)=O. The lowest BCUT2D eigenvalue weighted by molar-refractivity contribution is -0.158. The van der Waals surface area contributed by atoms with Gasteiger partial charge in [0.2, 0.25) is 11.8 Å². The van der Waals surface area contributed by atoms with Gasteiger partial charge in [0, 0.05) is 6.61 Å². The lowest BCUT2D eigenvalue weighted by Crippen LogP contribution is -2.53. The molecule has 0 aromatic carbocycles. The topological polar surface area (TPSA) is 182 Å². The number of ether oxygens (including phenoxy) is 1. The molecule has 9 nitrogen and oxygen atoms in total. The summed E-state index contributed by atoms with van der Waals surface area (Å²) < 4.78 is 5.21. The van der Waals surface area contributed by atoms with Gasteiger partial charge in [-0.2, -0.15) is 0 Å². The Bertz CT molecular complexity index is 488. The fourth-order valence-electron chi connectivity index (χ4n) is 3.61. The second-order valence-corrected chi connectivity index (χ2v) is 9.26. The number of hydrogen-bond acceptors (Lipinski definition) is 7. The van der Waals surface area contributed by atoms with Crippen molar-refractivity contribution in [2.75, 3.05) is 13.2 Å². The maximum absolute atomic E-state index is 11.3. The van der Waals surface area contributed by atoms with Crippen molar-refractivity contribution < 1.29 is 29.6 Å². The highest BCUT2D eigenvalue weighted by atomic mass is 16.5. The minimum atomic E-state index is -2.01. The highest BCUT2D eigenvalue weighted by Crippen LogP contribution is 2.12. The Balaban J connectivity index is 0.